The predicted molar refractivity (Wildman–Crippen MR) is 162 cm³/mol. The van der Waals surface area contributed by atoms with Crippen molar-refractivity contribution < 1.29 is 19.2 Å². The minimum Gasteiger partial charge on any atom is -0.168 e. The van der Waals surface area contributed by atoms with Crippen molar-refractivity contribution in [2.24, 2.45) is 0 Å². The SMILES string of the molecule is C[Si](C)=[Ti+2].Cl.Cl.c1ccc(-c2cccc3[cH-]ccc23)cc1.c1ccc(-c2cccc3[cH-]ccc23)cc1. The first-order valence-electron chi connectivity index (χ1n) is 11.5. The summed E-state index contributed by atoms with van der Waals surface area (Å²) < 4.78 is 0. The van der Waals surface area contributed by atoms with Gasteiger partial charge < -0.3 is 0 Å². The predicted octanol–water partition coefficient (Wildman–Crippen LogP) is 10.1. The second-order valence-electron chi connectivity index (χ2n) is 8.40. The molecule has 6 aromatic carbocycles. The molecule has 0 bridgehead atoms. The summed E-state index contributed by atoms with van der Waals surface area (Å²) in [6.07, 6.45) is 0.120. The monoisotopic (exact) mass is 560 g/mol. The van der Waals surface area contributed by atoms with Gasteiger partial charge in [-0.1, -0.05) is 83.9 Å². The Kier molecular flexibility index (Phi) is 12.4. The Morgan fingerprint density at radius 2 is 0.861 bits per heavy atom. The van der Waals surface area contributed by atoms with Gasteiger partial charge in [-0.15, -0.1) is 82.8 Å². The van der Waals surface area contributed by atoms with Crippen LogP contribution in [0.4, 0.5) is 0 Å². The van der Waals surface area contributed by atoms with Gasteiger partial charge in [-0.2, -0.15) is 24.3 Å². The van der Waals surface area contributed by atoms with E-state index in [4.69, 9.17) is 0 Å². The third-order valence-corrected chi connectivity index (χ3v) is 5.53. The molecular weight excluding hydrogens is 531 g/mol. The first kappa shape index (κ1) is 29.8. The van der Waals surface area contributed by atoms with Crippen LogP contribution in [0.5, 0.6) is 0 Å². The van der Waals surface area contributed by atoms with Gasteiger partial charge in [0.1, 0.15) is 0 Å². The zero-order valence-electron chi connectivity index (χ0n) is 20.5. The molecule has 0 aliphatic carbocycles. The Labute approximate surface area is 239 Å². The quantitative estimate of drug-likeness (QED) is 0.146. The second-order valence-corrected chi connectivity index (χ2v) is 15.1. The van der Waals surface area contributed by atoms with Crippen LogP contribution in [0.25, 0.3) is 43.8 Å². The van der Waals surface area contributed by atoms with Gasteiger partial charge in [0.05, 0.1) is 0 Å². The molecule has 0 saturated carbocycles. The largest absolute Gasteiger partial charge is 0.168 e. The Bertz CT molecular complexity index is 1370. The van der Waals surface area contributed by atoms with Gasteiger partial charge >= 0.3 is 38.5 Å². The summed E-state index contributed by atoms with van der Waals surface area (Å²) in [5, 5.41) is 5.31. The average Bonchev–Trinajstić information content (AvgIpc) is 3.54. The fourth-order valence-electron chi connectivity index (χ4n) is 4.06. The molecule has 0 N–H and O–H groups in total. The maximum absolute atomic E-state index is 2.27. The first-order valence-corrected chi connectivity index (χ1v) is 16.4. The molecule has 0 heterocycles. The van der Waals surface area contributed by atoms with Crippen LogP contribution in [0.1, 0.15) is 0 Å². The smallest absolute Gasteiger partial charge is 0.0279 e. The van der Waals surface area contributed by atoms with Gasteiger partial charge in [0.25, 0.3) is 0 Å². The van der Waals surface area contributed by atoms with Gasteiger partial charge in [-0.05, 0) is 11.1 Å². The van der Waals surface area contributed by atoms with E-state index in [-0.39, 0.29) is 31.0 Å². The molecule has 6 rings (SSSR count). The molecule has 4 heteroatoms. The fourth-order valence-corrected chi connectivity index (χ4v) is 4.06. The zero-order valence-corrected chi connectivity index (χ0v) is 24.7. The van der Waals surface area contributed by atoms with Crippen molar-refractivity contribution in [3.63, 3.8) is 0 Å². The Morgan fingerprint density at radius 1 is 0.500 bits per heavy atom. The van der Waals surface area contributed by atoms with Crippen molar-refractivity contribution in [2.75, 3.05) is 0 Å². The van der Waals surface area contributed by atoms with Gasteiger partial charge in [0.15, 0.2) is 0 Å². The number of fused-ring (bicyclic) bond motifs is 2. The molecule has 0 aliphatic rings. The van der Waals surface area contributed by atoms with E-state index in [0.717, 1.165) is 0 Å². The Morgan fingerprint density at radius 3 is 1.22 bits per heavy atom. The maximum Gasteiger partial charge on any atom is -0.0279 e. The third kappa shape index (κ3) is 7.80. The zero-order chi connectivity index (χ0) is 23.8. The summed E-state index contributed by atoms with van der Waals surface area (Å²) in [7, 11) is 0. The van der Waals surface area contributed by atoms with E-state index < -0.39 is 0 Å². The van der Waals surface area contributed by atoms with Crippen LogP contribution in [0.2, 0.25) is 13.1 Å². The third-order valence-electron chi connectivity index (χ3n) is 5.53. The number of benzene rings is 4. The van der Waals surface area contributed by atoms with Crippen LogP contribution >= 0.6 is 24.8 Å². The van der Waals surface area contributed by atoms with Crippen molar-refractivity contribution in [1.29, 1.82) is 0 Å². The van der Waals surface area contributed by atoms with Crippen molar-refractivity contribution in [2.45, 2.75) is 13.1 Å². The molecule has 0 aliphatic heterocycles. The van der Waals surface area contributed by atoms with Gasteiger partial charge in [-0.3, -0.25) is 0 Å². The molecule has 0 nitrogen and oxygen atoms in total. The van der Waals surface area contributed by atoms with E-state index in [1.807, 2.05) is 0 Å². The van der Waals surface area contributed by atoms with Crippen LogP contribution in [0, 0.1) is 0 Å². The Balaban J connectivity index is 0.000000211. The minimum atomic E-state index is 0. The summed E-state index contributed by atoms with van der Waals surface area (Å²) in [6, 6.07) is 46.8. The van der Waals surface area contributed by atoms with E-state index in [2.05, 4.69) is 166 Å². The molecule has 0 spiro atoms. The second kappa shape index (κ2) is 15.0. The number of hydrogen-bond acceptors (Lipinski definition) is 0. The minimum absolute atomic E-state index is 0. The standard InChI is InChI=1S/2C15H11.C2H6Si.2ClH.Ti/c2*1-2-6-12(7-3-1)14-10-4-8-13-9-5-11-15(13)14;1-3-2;;;/h2*1-11H;1-2H3;2*1H;/q2*-1;;;;+2. The number of rotatable bonds is 2. The van der Waals surface area contributed by atoms with Crippen molar-refractivity contribution in [3.05, 3.63) is 133 Å². The van der Waals surface area contributed by atoms with Crippen molar-refractivity contribution in [3.8, 4) is 22.3 Å². The molecule has 6 aromatic rings. The van der Waals surface area contributed by atoms with E-state index in [9.17, 15) is 0 Å². The molecule has 36 heavy (non-hydrogen) atoms. The number of hydrogen-bond donors (Lipinski definition) is 0. The average molecular weight is 561 g/mol. The molecule has 0 aromatic heterocycles. The molecule has 180 valence electrons. The van der Waals surface area contributed by atoms with E-state index in [1.165, 1.54) is 43.8 Å². The van der Waals surface area contributed by atoms with E-state index in [1.54, 1.807) is 0 Å². The summed E-state index contributed by atoms with van der Waals surface area (Å²) in [4.78, 5) is 0. The normalized spacial score (nSPS) is 9.67. The van der Waals surface area contributed by atoms with Crippen LogP contribution in [0.15, 0.2) is 133 Å². The fraction of sp³-hybridized carbons (Fsp3) is 0.0625. The van der Waals surface area contributed by atoms with Crippen molar-refractivity contribution in [1.82, 2.24) is 0 Å². The molecule has 0 saturated heterocycles. The van der Waals surface area contributed by atoms with Crippen molar-refractivity contribution >= 4 is 52.5 Å². The van der Waals surface area contributed by atoms with E-state index in [0.29, 0.717) is 0 Å². The summed E-state index contributed by atoms with van der Waals surface area (Å²) in [6.45, 7) is 4.54. The van der Waals surface area contributed by atoms with Crippen LogP contribution in [-0.2, 0) is 19.2 Å². The van der Waals surface area contributed by atoms with Gasteiger partial charge in [0, 0.05) is 0 Å². The summed E-state index contributed by atoms with van der Waals surface area (Å²) in [5.41, 5.74) is 5.21. The van der Waals surface area contributed by atoms with Gasteiger partial charge in [-0.25, -0.2) is 0 Å². The molecule has 0 atom stereocenters. The van der Waals surface area contributed by atoms with Crippen LogP contribution < -0.4 is 0 Å². The van der Waals surface area contributed by atoms with Crippen LogP contribution in [0.3, 0.4) is 0 Å². The maximum atomic E-state index is 2.27. The first-order chi connectivity index (χ1) is 16.6. The van der Waals surface area contributed by atoms with Crippen LogP contribution in [-0.4, -0.2) is 6.19 Å². The Hall–Kier alpha value is -2.39. The number of halogens is 2. The molecule has 0 fully saturated rings. The van der Waals surface area contributed by atoms with Gasteiger partial charge in [0.2, 0.25) is 0 Å². The molecular formula is C32H30Cl2SiTi. The molecule has 0 amide bonds. The van der Waals surface area contributed by atoms with E-state index >= 15 is 0 Å². The molecule has 0 unspecified atom stereocenters. The topological polar surface area (TPSA) is 0 Å². The summed E-state index contributed by atoms with van der Waals surface area (Å²) in [5.74, 6) is 0. The molecule has 0 radical (unpaired) electrons. The summed E-state index contributed by atoms with van der Waals surface area (Å²) >= 11 is 2.27.